The van der Waals surface area contributed by atoms with Crippen LogP contribution >= 0.6 is 34.5 Å². The van der Waals surface area contributed by atoms with E-state index in [0.717, 1.165) is 29.9 Å². The minimum Gasteiger partial charge on any atom is -0.302 e. The van der Waals surface area contributed by atoms with Crippen LogP contribution in [0.15, 0.2) is 42.5 Å². The summed E-state index contributed by atoms with van der Waals surface area (Å²) < 4.78 is 1.05. The van der Waals surface area contributed by atoms with E-state index in [-0.39, 0.29) is 5.91 Å². The van der Waals surface area contributed by atoms with Gasteiger partial charge < -0.3 is 4.90 Å². The molecule has 3 aromatic rings. The van der Waals surface area contributed by atoms with Crippen LogP contribution < -0.4 is 4.90 Å². The van der Waals surface area contributed by atoms with Crippen LogP contribution in [0.5, 0.6) is 0 Å². The lowest BCUT2D eigenvalue weighted by molar-refractivity contribution is 0.0984. The van der Waals surface area contributed by atoms with Crippen molar-refractivity contribution in [3.63, 3.8) is 0 Å². The van der Waals surface area contributed by atoms with Crippen molar-refractivity contribution in [3.8, 4) is 0 Å². The van der Waals surface area contributed by atoms with E-state index >= 15 is 0 Å². The largest absolute Gasteiger partial charge is 0.302 e. The number of hydrogen-bond acceptors (Lipinski definition) is 4. The van der Waals surface area contributed by atoms with E-state index in [9.17, 15) is 4.79 Å². The third-order valence-corrected chi connectivity index (χ3v) is 6.06. The zero-order valence-electron chi connectivity index (χ0n) is 15.3. The maximum absolute atomic E-state index is 13.3. The normalized spacial score (nSPS) is 11.3. The summed E-state index contributed by atoms with van der Waals surface area (Å²) >= 11 is 13.8. The molecule has 3 rings (SSSR count). The number of amides is 1. The summed E-state index contributed by atoms with van der Waals surface area (Å²) in [4.78, 5) is 22.0. The van der Waals surface area contributed by atoms with Crippen LogP contribution in [-0.2, 0) is 0 Å². The van der Waals surface area contributed by atoms with Gasteiger partial charge in [-0.25, -0.2) is 4.98 Å². The van der Waals surface area contributed by atoms with Gasteiger partial charge in [0.2, 0.25) is 0 Å². The second kappa shape index (κ2) is 9.02. The Labute approximate surface area is 173 Å². The van der Waals surface area contributed by atoms with E-state index in [4.69, 9.17) is 23.2 Å². The first-order chi connectivity index (χ1) is 13.0. The molecule has 0 saturated carbocycles. The number of carbonyl (C=O) groups excluding carboxylic acids is 1. The van der Waals surface area contributed by atoms with Gasteiger partial charge in [-0.3, -0.25) is 9.69 Å². The lowest BCUT2D eigenvalue weighted by Gasteiger charge is -2.25. The quantitative estimate of drug-likeness (QED) is 0.498. The zero-order chi connectivity index (χ0) is 19.4. The molecule has 142 valence electrons. The van der Waals surface area contributed by atoms with Crippen molar-refractivity contribution in [2.24, 2.45) is 0 Å². The number of likely N-dealkylation sites (N-methyl/N-ethyl adjacent to an activating group) is 1. The molecule has 0 spiro atoms. The predicted molar refractivity (Wildman–Crippen MR) is 116 cm³/mol. The van der Waals surface area contributed by atoms with Crippen molar-refractivity contribution in [1.82, 2.24) is 9.88 Å². The van der Waals surface area contributed by atoms with E-state index in [1.165, 1.54) is 11.3 Å². The number of halogens is 2. The van der Waals surface area contributed by atoms with Gasteiger partial charge in [-0.2, -0.15) is 0 Å². The third-order valence-electron chi connectivity index (χ3n) is 4.45. The first kappa shape index (κ1) is 20.1. The molecule has 0 saturated heterocycles. The zero-order valence-corrected chi connectivity index (χ0v) is 17.6. The van der Waals surface area contributed by atoms with Gasteiger partial charge in [0.1, 0.15) is 0 Å². The number of thiazole rings is 1. The molecule has 0 aliphatic heterocycles. The Bertz CT molecular complexity index is 907. The van der Waals surface area contributed by atoms with E-state index in [1.807, 2.05) is 24.3 Å². The number of para-hydroxylation sites is 1. The Morgan fingerprint density at radius 3 is 2.48 bits per heavy atom. The Morgan fingerprint density at radius 2 is 1.81 bits per heavy atom. The number of aromatic nitrogens is 1. The van der Waals surface area contributed by atoms with Crippen LogP contribution in [0.1, 0.15) is 24.2 Å². The molecule has 0 aliphatic carbocycles. The molecule has 0 atom stereocenters. The summed E-state index contributed by atoms with van der Waals surface area (Å²) in [6, 6.07) is 12.8. The summed E-state index contributed by atoms with van der Waals surface area (Å²) in [7, 11) is 0. The summed E-state index contributed by atoms with van der Waals surface area (Å²) in [5, 5.41) is 1.53. The van der Waals surface area contributed by atoms with Gasteiger partial charge in [0.05, 0.1) is 20.8 Å². The van der Waals surface area contributed by atoms with Crippen LogP contribution in [-0.4, -0.2) is 42.0 Å². The fraction of sp³-hybridized carbons (Fsp3) is 0.300. The smallest absolute Gasteiger partial charge is 0.261 e. The van der Waals surface area contributed by atoms with Gasteiger partial charge in [-0.15, -0.1) is 0 Å². The van der Waals surface area contributed by atoms with Gasteiger partial charge in [0.15, 0.2) is 5.13 Å². The van der Waals surface area contributed by atoms with E-state index in [0.29, 0.717) is 27.3 Å². The monoisotopic (exact) mass is 421 g/mol. The van der Waals surface area contributed by atoms with Crippen molar-refractivity contribution < 1.29 is 4.79 Å². The summed E-state index contributed by atoms with van der Waals surface area (Å²) in [6.45, 7) is 7.39. The van der Waals surface area contributed by atoms with Crippen molar-refractivity contribution in [3.05, 3.63) is 58.1 Å². The number of hydrogen-bond donors (Lipinski definition) is 0. The van der Waals surface area contributed by atoms with Crippen molar-refractivity contribution >= 4 is 55.8 Å². The highest BCUT2D eigenvalue weighted by Gasteiger charge is 2.23. The van der Waals surface area contributed by atoms with E-state index < -0.39 is 0 Å². The molecular weight excluding hydrogens is 401 g/mol. The standard InChI is InChI=1S/C20H21Cl2N3OS/c1-3-24(4-2)11-12-25(19(26)15-10-9-14(21)13-16(15)22)20-23-17-7-5-6-8-18(17)27-20/h5-10,13H,3-4,11-12H2,1-2H3. The number of anilines is 1. The van der Waals surface area contributed by atoms with Crippen molar-refractivity contribution in [2.75, 3.05) is 31.1 Å². The highest BCUT2D eigenvalue weighted by Crippen LogP contribution is 2.31. The Kier molecular flexibility index (Phi) is 6.71. The first-order valence-corrected chi connectivity index (χ1v) is 10.5. The summed E-state index contributed by atoms with van der Waals surface area (Å²) in [5.41, 5.74) is 1.32. The molecule has 0 radical (unpaired) electrons. The molecule has 7 heteroatoms. The second-order valence-electron chi connectivity index (χ2n) is 6.07. The number of benzene rings is 2. The predicted octanol–water partition coefficient (Wildman–Crippen LogP) is 5.59. The van der Waals surface area contributed by atoms with Crippen LogP contribution in [0, 0.1) is 0 Å². The van der Waals surface area contributed by atoms with Crippen LogP contribution in [0.3, 0.4) is 0 Å². The van der Waals surface area contributed by atoms with Crippen LogP contribution in [0.4, 0.5) is 5.13 Å². The lowest BCUT2D eigenvalue weighted by atomic mass is 10.2. The summed E-state index contributed by atoms with van der Waals surface area (Å²) in [6.07, 6.45) is 0. The van der Waals surface area contributed by atoms with Gasteiger partial charge in [-0.05, 0) is 43.4 Å². The van der Waals surface area contributed by atoms with Crippen LogP contribution in [0.25, 0.3) is 10.2 Å². The highest BCUT2D eigenvalue weighted by molar-refractivity contribution is 7.22. The molecule has 1 amide bonds. The second-order valence-corrected chi connectivity index (χ2v) is 7.92. The number of carbonyl (C=O) groups is 1. The topological polar surface area (TPSA) is 36.4 Å². The minimum absolute atomic E-state index is 0.164. The molecule has 0 aliphatic rings. The Hall–Kier alpha value is -1.66. The fourth-order valence-electron chi connectivity index (χ4n) is 2.85. The maximum Gasteiger partial charge on any atom is 0.261 e. The average Bonchev–Trinajstić information content (AvgIpc) is 3.08. The Morgan fingerprint density at radius 1 is 1.07 bits per heavy atom. The van der Waals surface area contributed by atoms with Crippen molar-refractivity contribution in [2.45, 2.75) is 13.8 Å². The van der Waals surface area contributed by atoms with Gasteiger partial charge in [0, 0.05) is 18.1 Å². The lowest BCUT2D eigenvalue weighted by Crippen LogP contribution is -2.39. The Balaban J connectivity index is 1.96. The molecule has 27 heavy (non-hydrogen) atoms. The third kappa shape index (κ3) is 4.61. The highest BCUT2D eigenvalue weighted by atomic mass is 35.5. The molecule has 1 aromatic heterocycles. The fourth-order valence-corrected chi connectivity index (χ4v) is 4.33. The van der Waals surface area contributed by atoms with E-state index in [2.05, 4.69) is 23.7 Å². The maximum atomic E-state index is 13.3. The molecule has 0 unspecified atom stereocenters. The average molecular weight is 422 g/mol. The molecule has 0 bridgehead atoms. The molecule has 0 N–H and O–H groups in total. The van der Waals surface area contributed by atoms with Gasteiger partial charge in [-0.1, -0.05) is 60.5 Å². The first-order valence-electron chi connectivity index (χ1n) is 8.88. The number of fused-ring (bicyclic) bond motifs is 1. The molecule has 4 nitrogen and oxygen atoms in total. The molecule has 1 heterocycles. The number of rotatable bonds is 7. The number of nitrogens with zero attached hydrogens (tertiary/aromatic N) is 3. The molecule has 2 aromatic carbocycles. The molecular formula is C20H21Cl2N3OS. The van der Waals surface area contributed by atoms with Crippen LogP contribution in [0.2, 0.25) is 10.0 Å². The molecule has 0 fully saturated rings. The summed E-state index contributed by atoms with van der Waals surface area (Å²) in [5.74, 6) is -0.164. The van der Waals surface area contributed by atoms with Crippen molar-refractivity contribution in [1.29, 1.82) is 0 Å². The van der Waals surface area contributed by atoms with Gasteiger partial charge >= 0.3 is 0 Å². The van der Waals surface area contributed by atoms with Gasteiger partial charge in [0.25, 0.3) is 5.91 Å². The van der Waals surface area contributed by atoms with E-state index in [1.54, 1.807) is 23.1 Å². The SMILES string of the molecule is CCN(CC)CCN(C(=O)c1ccc(Cl)cc1Cl)c1nc2ccccc2s1. The minimum atomic E-state index is -0.164.